The third-order valence-electron chi connectivity index (χ3n) is 5.62. The molecule has 0 N–H and O–H groups in total. The summed E-state index contributed by atoms with van der Waals surface area (Å²) in [6.45, 7) is 6.35. The van der Waals surface area contributed by atoms with Crippen LogP contribution in [0.25, 0.3) is 6.08 Å². The van der Waals surface area contributed by atoms with E-state index in [1.165, 1.54) is 12.1 Å². The molecule has 184 valence electrons. The molecular weight excluding hydrogens is 575 g/mol. The summed E-state index contributed by atoms with van der Waals surface area (Å²) in [4.78, 5) is 27.7. The maximum Gasteiger partial charge on any atom is 0.363 e. The van der Waals surface area contributed by atoms with Gasteiger partial charge >= 0.3 is 5.97 Å². The topological polar surface area (TPSA) is 100 Å². The molecule has 0 amide bonds. The van der Waals surface area contributed by atoms with E-state index < -0.39 is 10.9 Å². The molecular formula is C27H23IN2O6. The van der Waals surface area contributed by atoms with Crippen LogP contribution in [0.3, 0.4) is 0 Å². The molecule has 8 nitrogen and oxygen atoms in total. The minimum absolute atomic E-state index is 0.0327. The van der Waals surface area contributed by atoms with Crippen LogP contribution in [0.2, 0.25) is 0 Å². The van der Waals surface area contributed by atoms with E-state index in [1.807, 2.05) is 44.2 Å². The van der Waals surface area contributed by atoms with Gasteiger partial charge in [-0.05, 0) is 84.3 Å². The first kappa shape index (κ1) is 25.4. The van der Waals surface area contributed by atoms with Crippen LogP contribution >= 0.6 is 22.6 Å². The van der Waals surface area contributed by atoms with E-state index in [4.69, 9.17) is 14.2 Å². The fourth-order valence-electron chi connectivity index (χ4n) is 3.73. The Morgan fingerprint density at radius 1 is 1.11 bits per heavy atom. The van der Waals surface area contributed by atoms with Gasteiger partial charge in [0.2, 0.25) is 5.90 Å². The molecule has 1 heterocycles. The van der Waals surface area contributed by atoms with Crippen LogP contribution in [-0.2, 0) is 16.1 Å². The summed E-state index contributed by atoms with van der Waals surface area (Å²) in [6, 6.07) is 16.2. The lowest BCUT2D eigenvalue weighted by molar-refractivity contribution is -0.385. The number of ether oxygens (including phenoxy) is 3. The largest absolute Gasteiger partial charge is 0.490 e. The lowest BCUT2D eigenvalue weighted by atomic mass is 10.1. The number of hydrogen-bond acceptors (Lipinski definition) is 7. The van der Waals surface area contributed by atoms with Crippen molar-refractivity contribution in [3.63, 3.8) is 0 Å². The number of hydrogen-bond donors (Lipinski definition) is 0. The molecule has 0 spiro atoms. The third kappa shape index (κ3) is 5.40. The number of halogens is 1. The second-order valence-electron chi connectivity index (χ2n) is 8.02. The Bertz CT molecular complexity index is 1410. The fourth-order valence-corrected chi connectivity index (χ4v) is 4.51. The summed E-state index contributed by atoms with van der Waals surface area (Å²) in [6.07, 6.45) is 1.60. The number of nitrogens with zero attached hydrogens (tertiary/aromatic N) is 2. The molecule has 4 rings (SSSR count). The highest BCUT2D eigenvalue weighted by Gasteiger charge is 2.27. The standard InChI is InChI=1S/C27H23IN2O6/c1-4-34-24-14-18(12-21(28)25(24)35-15-19-9-6-5-8-16(19)2)13-22-27(31)36-26(29-22)20-10-7-11-23(17(20)3)30(32)33/h5-14H,4,15H2,1-3H3/b22-13-. The lowest BCUT2D eigenvalue weighted by Gasteiger charge is -2.15. The first-order valence-electron chi connectivity index (χ1n) is 11.2. The zero-order chi connectivity index (χ0) is 25.8. The maximum absolute atomic E-state index is 12.5. The monoisotopic (exact) mass is 598 g/mol. The second kappa shape index (κ2) is 10.9. The van der Waals surface area contributed by atoms with Crippen molar-refractivity contribution in [1.82, 2.24) is 0 Å². The molecule has 0 radical (unpaired) electrons. The van der Waals surface area contributed by atoms with Gasteiger partial charge in [0.05, 0.1) is 15.1 Å². The smallest absolute Gasteiger partial charge is 0.363 e. The molecule has 0 saturated heterocycles. The Hall–Kier alpha value is -3.73. The molecule has 0 aromatic heterocycles. The van der Waals surface area contributed by atoms with Gasteiger partial charge in [-0.25, -0.2) is 9.79 Å². The Labute approximate surface area is 221 Å². The van der Waals surface area contributed by atoms with Gasteiger partial charge < -0.3 is 14.2 Å². The van der Waals surface area contributed by atoms with E-state index in [1.54, 1.807) is 25.1 Å². The van der Waals surface area contributed by atoms with Crippen molar-refractivity contribution in [3.05, 3.63) is 102 Å². The predicted octanol–water partition coefficient (Wildman–Crippen LogP) is 6.14. The number of nitro benzene ring substituents is 1. The van der Waals surface area contributed by atoms with E-state index in [-0.39, 0.29) is 17.3 Å². The zero-order valence-electron chi connectivity index (χ0n) is 19.9. The van der Waals surface area contributed by atoms with E-state index >= 15 is 0 Å². The minimum Gasteiger partial charge on any atom is -0.490 e. The first-order valence-corrected chi connectivity index (χ1v) is 12.3. The lowest BCUT2D eigenvalue weighted by Crippen LogP contribution is -2.08. The highest BCUT2D eigenvalue weighted by Crippen LogP contribution is 2.36. The van der Waals surface area contributed by atoms with Crippen molar-refractivity contribution in [2.24, 2.45) is 4.99 Å². The second-order valence-corrected chi connectivity index (χ2v) is 9.18. The molecule has 3 aromatic rings. The Morgan fingerprint density at radius 3 is 2.61 bits per heavy atom. The molecule has 36 heavy (non-hydrogen) atoms. The van der Waals surface area contributed by atoms with Crippen LogP contribution in [0.4, 0.5) is 5.69 Å². The fraction of sp³-hybridized carbons (Fsp3) is 0.185. The van der Waals surface area contributed by atoms with Crippen LogP contribution in [0.1, 0.15) is 34.7 Å². The number of aryl methyl sites for hydroxylation is 1. The molecule has 0 fully saturated rings. The number of esters is 1. The van der Waals surface area contributed by atoms with Crippen molar-refractivity contribution in [3.8, 4) is 11.5 Å². The molecule has 0 saturated carbocycles. The van der Waals surface area contributed by atoms with E-state index in [0.717, 1.165) is 14.7 Å². The molecule has 0 unspecified atom stereocenters. The Balaban J connectivity index is 1.65. The van der Waals surface area contributed by atoms with Gasteiger partial charge in [-0.1, -0.05) is 30.3 Å². The normalized spacial score (nSPS) is 13.9. The van der Waals surface area contributed by atoms with Gasteiger partial charge in [0.1, 0.15) is 6.61 Å². The molecule has 3 aromatic carbocycles. The number of benzene rings is 3. The van der Waals surface area contributed by atoms with Gasteiger partial charge in [0, 0.05) is 17.2 Å². The summed E-state index contributed by atoms with van der Waals surface area (Å²) in [5.41, 5.74) is 3.68. The van der Waals surface area contributed by atoms with Crippen LogP contribution < -0.4 is 9.47 Å². The molecule has 0 atom stereocenters. The Morgan fingerprint density at radius 2 is 1.89 bits per heavy atom. The quantitative estimate of drug-likeness (QED) is 0.102. The van der Waals surface area contributed by atoms with Gasteiger partial charge in [0.15, 0.2) is 17.2 Å². The van der Waals surface area contributed by atoms with Crippen molar-refractivity contribution in [2.45, 2.75) is 27.4 Å². The number of cyclic esters (lactones) is 1. The Kier molecular flexibility index (Phi) is 7.68. The van der Waals surface area contributed by atoms with Crippen molar-refractivity contribution >= 4 is 46.2 Å². The maximum atomic E-state index is 12.5. The van der Waals surface area contributed by atoms with Crippen LogP contribution in [-0.4, -0.2) is 23.4 Å². The number of rotatable bonds is 8. The van der Waals surface area contributed by atoms with Crippen LogP contribution in [0.15, 0.2) is 65.3 Å². The summed E-state index contributed by atoms with van der Waals surface area (Å²) in [5.74, 6) is 0.567. The highest BCUT2D eigenvalue weighted by molar-refractivity contribution is 14.1. The molecule has 0 bridgehead atoms. The SMILES string of the molecule is CCOc1cc(/C=C2\N=C(c3cccc([N+](=O)[O-])c3C)OC2=O)cc(I)c1OCc1ccccc1C. The summed E-state index contributed by atoms with van der Waals surface area (Å²) < 4.78 is 18.1. The van der Waals surface area contributed by atoms with E-state index in [2.05, 4.69) is 27.6 Å². The predicted molar refractivity (Wildman–Crippen MR) is 144 cm³/mol. The molecule has 1 aliphatic heterocycles. The summed E-state index contributed by atoms with van der Waals surface area (Å²) >= 11 is 2.17. The van der Waals surface area contributed by atoms with Gasteiger partial charge in [0.25, 0.3) is 5.69 Å². The van der Waals surface area contributed by atoms with Crippen LogP contribution in [0.5, 0.6) is 11.5 Å². The van der Waals surface area contributed by atoms with Gasteiger partial charge in [-0.2, -0.15) is 0 Å². The number of aliphatic imine (C=N–C) groups is 1. The first-order chi connectivity index (χ1) is 17.3. The number of carbonyl (C=O) groups excluding carboxylic acids is 1. The van der Waals surface area contributed by atoms with Crippen molar-refractivity contribution in [2.75, 3.05) is 6.61 Å². The van der Waals surface area contributed by atoms with Gasteiger partial charge in [-0.15, -0.1) is 0 Å². The molecule has 0 aliphatic carbocycles. The highest BCUT2D eigenvalue weighted by atomic mass is 127. The third-order valence-corrected chi connectivity index (χ3v) is 6.42. The van der Waals surface area contributed by atoms with E-state index in [0.29, 0.717) is 41.4 Å². The average Bonchev–Trinajstić information content (AvgIpc) is 3.19. The van der Waals surface area contributed by atoms with Crippen LogP contribution in [0, 0.1) is 27.5 Å². The number of nitro groups is 1. The minimum atomic E-state index is -0.635. The van der Waals surface area contributed by atoms with Gasteiger partial charge in [-0.3, -0.25) is 10.1 Å². The number of carbonyl (C=O) groups is 1. The zero-order valence-corrected chi connectivity index (χ0v) is 22.1. The molecule has 1 aliphatic rings. The summed E-state index contributed by atoms with van der Waals surface area (Å²) in [5, 5.41) is 11.3. The summed E-state index contributed by atoms with van der Waals surface area (Å²) in [7, 11) is 0. The molecule has 9 heteroatoms. The average molecular weight is 598 g/mol. The van der Waals surface area contributed by atoms with Crippen molar-refractivity contribution in [1.29, 1.82) is 0 Å². The van der Waals surface area contributed by atoms with E-state index in [9.17, 15) is 14.9 Å². The van der Waals surface area contributed by atoms with Crippen molar-refractivity contribution < 1.29 is 23.9 Å².